The highest BCUT2D eigenvalue weighted by atomic mass is 32.2. The lowest BCUT2D eigenvalue weighted by Crippen LogP contribution is -2.38. The molecule has 0 amide bonds. The van der Waals surface area contributed by atoms with E-state index in [1.807, 2.05) is 0 Å². The lowest BCUT2D eigenvalue weighted by molar-refractivity contribution is 0.0932. The fraction of sp³-hybridized carbons (Fsp3) is 0.100. The standard InChI is InChI=1S/C10H8O6S/c11-8-5-10(13,17(14,15)16)7-4-2-1-3-6(7)9(8)12/h1-5,11,13H,(H,14,15,16). The van der Waals surface area contributed by atoms with Crippen LogP contribution in [0.3, 0.4) is 0 Å². The third-order valence-corrected chi connectivity index (χ3v) is 3.64. The molecule has 1 aromatic carbocycles. The van der Waals surface area contributed by atoms with Gasteiger partial charge in [-0.05, 0) is 0 Å². The molecule has 1 aromatic rings. The van der Waals surface area contributed by atoms with Gasteiger partial charge in [0.2, 0.25) is 10.7 Å². The van der Waals surface area contributed by atoms with Crippen LogP contribution in [0.15, 0.2) is 36.1 Å². The molecule has 0 radical (unpaired) electrons. The summed E-state index contributed by atoms with van der Waals surface area (Å²) in [5.74, 6) is -1.74. The molecule has 0 spiro atoms. The van der Waals surface area contributed by atoms with Crippen molar-refractivity contribution in [3.8, 4) is 0 Å². The summed E-state index contributed by atoms with van der Waals surface area (Å²) in [5.41, 5.74) is -0.460. The largest absolute Gasteiger partial charge is 0.504 e. The Kier molecular flexibility index (Phi) is 2.35. The molecule has 0 saturated carbocycles. The molecule has 0 saturated heterocycles. The van der Waals surface area contributed by atoms with Crippen molar-refractivity contribution in [2.45, 2.75) is 4.93 Å². The Bertz CT molecular complexity index is 630. The molecule has 0 bridgehead atoms. The Labute approximate surface area is 96.6 Å². The predicted octanol–water partition coefficient (Wildman–Crippen LogP) is 0.358. The summed E-state index contributed by atoms with van der Waals surface area (Å²) in [4.78, 5) is 8.72. The predicted molar refractivity (Wildman–Crippen MR) is 56.9 cm³/mol. The van der Waals surface area contributed by atoms with Crippen LogP contribution in [0, 0.1) is 0 Å². The van der Waals surface area contributed by atoms with Crippen molar-refractivity contribution in [1.82, 2.24) is 0 Å². The van der Waals surface area contributed by atoms with Crippen LogP contribution in [0.1, 0.15) is 15.9 Å². The van der Waals surface area contributed by atoms with Gasteiger partial charge in [-0.3, -0.25) is 9.35 Å². The highest BCUT2D eigenvalue weighted by Gasteiger charge is 2.47. The fourth-order valence-electron chi connectivity index (χ4n) is 1.67. The highest BCUT2D eigenvalue weighted by Crippen LogP contribution is 2.36. The van der Waals surface area contributed by atoms with Gasteiger partial charge in [0.05, 0.1) is 0 Å². The van der Waals surface area contributed by atoms with E-state index in [9.17, 15) is 23.4 Å². The average molecular weight is 256 g/mol. The minimum atomic E-state index is -4.93. The Balaban J connectivity index is 2.84. The quantitative estimate of drug-likeness (QED) is 0.625. The van der Waals surface area contributed by atoms with Gasteiger partial charge in [-0.1, -0.05) is 24.3 Å². The van der Waals surface area contributed by atoms with E-state index in [1.165, 1.54) is 24.3 Å². The number of carbonyl (C=O) groups excluding carboxylic acids is 1. The highest BCUT2D eigenvalue weighted by molar-refractivity contribution is 7.86. The van der Waals surface area contributed by atoms with Crippen molar-refractivity contribution in [3.05, 3.63) is 47.2 Å². The Morgan fingerprint density at radius 2 is 1.76 bits per heavy atom. The molecule has 0 heterocycles. The molecule has 0 fully saturated rings. The van der Waals surface area contributed by atoms with Crippen LogP contribution >= 0.6 is 0 Å². The SMILES string of the molecule is O=C1C(O)=CC(O)(S(=O)(=O)O)c2ccccc21. The number of fused-ring (bicyclic) bond motifs is 1. The van der Waals surface area contributed by atoms with E-state index >= 15 is 0 Å². The third kappa shape index (κ3) is 1.55. The minimum absolute atomic E-state index is 0.173. The zero-order valence-electron chi connectivity index (χ0n) is 8.36. The molecule has 3 N–H and O–H groups in total. The van der Waals surface area contributed by atoms with Gasteiger partial charge in [0.25, 0.3) is 0 Å². The number of aliphatic hydroxyl groups is 2. The molecular weight excluding hydrogens is 248 g/mol. The van der Waals surface area contributed by atoms with E-state index in [-0.39, 0.29) is 11.1 Å². The van der Waals surface area contributed by atoms with Gasteiger partial charge in [0, 0.05) is 17.2 Å². The molecule has 7 heteroatoms. The normalized spacial score (nSPS) is 24.1. The number of hydrogen-bond acceptors (Lipinski definition) is 5. The monoisotopic (exact) mass is 256 g/mol. The average Bonchev–Trinajstić information content (AvgIpc) is 2.25. The van der Waals surface area contributed by atoms with Gasteiger partial charge in [0.1, 0.15) is 0 Å². The summed E-state index contributed by atoms with van der Waals surface area (Å²) >= 11 is 0. The molecule has 1 aliphatic carbocycles. The molecule has 1 aliphatic rings. The second-order valence-electron chi connectivity index (χ2n) is 3.58. The van der Waals surface area contributed by atoms with Crippen LogP contribution in [0.2, 0.25) is 0 Å². The fourth-order valence-corrected chi connectivity index (χ4v) is 2.39. The number of ketones is 1. The Hall–Kier alpha value is -1.70. The van der Waals surface area contributed by atoms with Crippen molar-refractivity contribution in [2.75, 3.05) is 0 Å². The molecule has 1 unspecified atom stereocenters. The molecule has 17 heavy (non-hydrogen) atoms. The summed E-state index contributed by atoms with van der Waals surface area (Å²) < 4.78 is 31.3. The number of benzene rings is 1. The molecular formula is C10H8O6S. The number of allylic oxidation sites excluding steroid dienone is 1. The lowest BCUT2D eigenvalue weighted by Gasteiger charge is -2.27. The van der Waals surface area contributed by atoms with E-state index in [4.69, 9.17) is 4.55 Å². The van der Waals surface area contributed by atoms with Crippen LogP contribution in [0.5, 0.6) is 0 Å². The van der Waals surface area contributed by atoms with Crippen molar-refractivity contribution in [3.63, 3.8) is 0 Å². The lowest BCUT2D eigenvalue weighted by atomic mass is 9.92. The second kappa shape index (κ2) is 3.39. The van der Waals surface area contributed by atoms with Gasteiger partial charge < -0.3 is 10.2 Å². The first-order valence-electron chi connectivity index (χ1n) is 4.53. The Morgan fingerprint density at radius 3 is 2.35 bits per heavy atom. The van der Waals surface area contributed by atoms with Gasteiger partial charge in [0.15, 0.2) is 5.76 Å². The van der Waals surface area contributed by atoms with Crippen LogP contribution in [0.4, 0.5) is 0 Å². The van der Waals surface area contributed by atoms with E-state index in [0.29, 0.717) is 6.08 Å². The topological polar surface area (TPSA) is 112 Å². The van der Waals surface area contributed by atoms with Crippen molar-refractivity contribution >= 4 is 15.9 Å². The van der Waals surface area contributed by atoms with E-state index in [0.717, 1.165) is 0 Å². The van der Waals surface area contributed by atoms with Gasteiger partial charge in [-0.2, -0.15) is 8.42 Å². The van der Waals surface area contributed by atoms with Gasteiger partial charge in [-0.25, -0.2) is 0 Å². The number of hydrogen-bond donors (Lipinski definition) is 3. The number of carbonyl (C=O) groups is 1. The molecule has 90 valence electrons. The molecule has 0 aromatic heterocycles. The summed E-state index contributed by atoms with van der Waals surface area (Å²) in [7, 11) is -4.93. The number of rotatable bonds is 1. The smallest absolute Gasteiger partial charge is 0.303 e. The van der Waals surface area contributed by atoms with Crippen molar-refractivity contribution in [1.29, 1.82) is 0 Å². The molecule has 0 aliphatic heterocycles. The maximum absolute atomic E-state index is 11.5. The maximum atomic E-state index is 11.5. The zero-order chi connectivity index (χ0) is 12.8. The van der Waals surface area contributed by atoms with Crippen molar-refractivity contribution in [2.24, 2.45) is 0 Å². The van der Waals surface area contributed by atoms with E-state index in [1.54, 1.807) is 0 Å². The summed E-state index contributed by atoms with van der Waals surface area (Å²) in [6.45, 7) is 0. The van der Waals surface area contributed by atoms with Crippen molar-refractivity contribution < 1.29 is 28.0 Å². The number of Topliss-reactive ketones (excluding diaryl/α,β-unsaturated/α-hetero) is 1. The first kappa shape index (κ1) is 11.8. The molecule has 2 rings (SSSR count). The van der Waals surface area contributed by atoms with Crippen LogP contribution in [-0.4, -0.2) is 29.0 Å². The van der Waals surface area contributed by atoms with Gasteiger partial charge >= 0.3 is 10.1 Å². The third-order valence-electron chi connectivity index (χ3n) is 2.52. The number of aliphatic hydroxyl groups excluding tert-OH is 1. The maximum Gasteiger partial charge on any atom is 0.303 e. The summed E-state index contributed by atoms with van der Waals surface area (Å²) in [6, 6.07) is 5.28. The summed E-state index contributed by atoms with van der Waals surface area (Å²) in [5, 5.41) is 19.2. The van der Waals surface area contributed by atoms with Gasteiger partial charge in [-0.15, -0.1) is 0 Å². The first-order chi connectivity index (χ1) is 7.77. The first-order valence-corrected chi connectivity index (χ1v) is 5.97. The second-order valence-corrected chi connectivity index (χ2v) is 5.15. The zero-order valence-corrected chi connectivity index (χ0v) is 9.18. The Morgan fingerprint density at radius 1 is 1.18 bits per heavy atom. The minimum Gasteiger partial charge on any atom is -0.504 e. The van der Waals surface area contributed by atoms with Crippen LogP contribution in [0.25, 0.3) is 0 Å². The summed E-state index contributed by atoms with van der Waals surface area (Å²) in [6.07, 6.45) is 0.410. The van der Waals surface area contributed by atoms with E-state index < -0.39 is 26.6 Å². The van der Waals surface area contributed by atoms with Crippen LogP contribution in [-0.2, 0) is 15.1 Å². The van der Waals surface area contributed by atoms with E-state index in [2.05, 4.69) is 0 Å². The molecule has 6 nitrogen and oxygen atoms in total. The molecule has 1 atom stereocenters. The van der Waals surface area contributed by atoms with Crippen LogP contribution < -0.4 is 0 Å².